The highest BCUT2D eigenvalue weighted by molar-refractivity contribution is 6.04. The lowest BCUT2D eigenvalue weighted by Gasteiger charge is -2.43. The maximum atomic E-state index is 14.9. The van der Waals surface area contributed by atoms with E-state index in [0.29, 0.717) is 37.6 Å². The largest absolute Gasteiger partial charge is 0.494 e. The van der Waals surface area contributed by atoms with Gasteiger partial charge in [0.05, 0.1) is 36.7 Å². The summed E-state index contributed by atoms with van der Waals surface area (Å²) in [6, 6.07) is 15.2. The fourth-order valence-corrected chi connectivity index (χ4v) is 7.72. The summed E-state index contributed by atoms with van der Waals surface area (Å²) in [6.07, 6.45) is 7.88. The molecule has 2 saturated heterocycles. The normalized spacial score (nSPS) is 30.1. The molecule has 1 unspecified atom stereocenters. The molecular weight excluding hydrogens is 570 g/mol. The highest BCUT2D eigenvalue weighted by Gasteiger charge is 2.75. The Hall–Kier alpha value is -3.95. The van der Waals surface area contributed by atoms with Gasteiger partial charge in [-0.25, -0.2) is 0 Å². The van der Waals surface area contributed by atoms with Crippen LogP contribution in [-0.2, 0) is 25.5 Å². The monoisotopic (exact) mass is 613 g/mol. The number of likely N-dealkylation sites (tertiary alicyclic amines) is 1. The van der Waals surface area contributed by atoms with Gasteiger partial charge in [0.25, 0.3) is 0 Å². The number of aliphatic hydroxyl groups excluding tert-OH is 1. The third-order valence-corrected chi connectivity index (χ3v) is 9.68. The van der Waals surface area contributed by atoms with E-state index >= 15 is 0 Å². The summed E-state index contributed by atoms with van der Waals surface area (Å²) < 4.78 is 12.6. The fraction of sp³-hybridized carbons (Fsp3) is 0.472. The molecule has 4 aliphatic rings. The molecule has 4 aliphatic heterocycles. The Balaban J connectivity index is 1.46. The maximum Gasteiger partial charge on any atom is 0.249 e. The van der Waals surface area contributed by atoms with Crippen molar-refractivity contribution >= 4 is 23.4 Å². The minimum absolute atomic E-state index is 0.246. The van der Waals surface area contributed by atoms with Gasteiger partial charge in [0.2, 0.25) is 17.7 Å². The number of fused-ring (bicyclic) bond motifs is 2. The molecule has 9 heteroatoms. The lowest BCUT2D eigenvalue weighted by Crippen LogP contribution is -2.61. The lowest BCUT2D eigenvalue weighted by molar-refractivity contribution is -0.157. The number of hydrogen-bond acceptors (Lipinski definition) is 6. The number of nitrogens with zero attached hydrogens (tertiary/aromatic N) is 3. The average Bonchev–Trinajstić information content (AvgIpc) is 3.27. The highest BCUT2D eigenvalue weighted by atomic mass is 16.5. The fourth-order valence-electron chi connectivity index (χ4n) is 7.72. The van der Waals surface area contributed by atoms with Crippen molar-refractivity contribution in [2.75, 3.05) is 31.2 Å². The van der Waals surface area contributed by atoms with Gasteiger partial charge in [0, 0.05) is 24.3 Å². The molecular formula is C36H43N3O6. The zero-order valence-electron chi connectivity index (χ0n) is 26.7. The van der Waals surface area contributed by atoms with Crippen molar-refractivity contribution in [1.29, 1.82) is 0 Å². The second-order valence-electron chi connectivity index (χ2n) is 13.6. The first-order valence-electron chi connectivity index (χ1n) is 15.8. The zero-order chi connectivity index (χ0) is 32.1. The van der Waals surface area contributed by atoms with E-state index in [-0.39, 0.29) is 24.3 Å². The standard InChI is InChI=1S/C36H43N3O6/c1-6-44-27-16-14-25(15-17-27)37-20-10-18-35(5)28(31(37)41)29-32(42)39(26(23-40)22-24-12-8-7-9-13-24)30-33(43)38(34(2,3)4)21-11-19-36(29,30)45-35/h7-19,26,28-30,40H,6,20-23H2,1-5H3/t26-,28+,29+,30?,35-,36+/m1/s1. The summed E-state index contributed by atoms with van der Waals surface area (Å²) in [5.41, 5.74) is -1.47. The van der Waals surface area contributed by atoms with E-state index in [2.05, 4.69) is 0 Å². The van der Waals surface area contributed by atoms with E-state index in [9.17, 15) is 19.5 Å². The van der Waals surface area contributed by atoms with Crippen molar-refractivity contribution in [3.8, 4) is 5.75 Å². The van der Waals surface area contributed by atoms with Crippen molar-refractivity contribution in [2.24, 2.45) is 11.8 Å². The topological polar surface area (TPSA) is 99.6 Å². The summed E-state index contributed by atoms with van der Waals surface area (Å²) in [5.74, 6) is -2.03. The molecule has 238 valence electrons. The molecule has 0 radical (unpaired) electrons. The average molecular weight is 614 g/mol. The number of carbonyl (C=O) groups excluding carboxylic acids is 3. The van der Waals surface area contributed by atoms with Gasteiger partial charge in [0.1, 0.15) is 17.4 Å². The van der Waals surface area contributed by atoms with Crippen LogP contribution in [0, 0.1) is 11.8 Å². The molecule has 6 atom stereocenters. The van der Waals surface area contributed by atoms with E-state index in [1.165, 1.54) is 4.90 Å². The third kappa shape index (κ3) is 5.06. The van der Waals surface area contributed by atoms with E-state index in [4.69, 9.17) is 9.47 Å². The number of amides is 3. The molecule has 2 aromatic rings. The van der Waals surface area contributed by atoms with E-state index in [1.54, 1.807) is 9.80 Å². The Bertz CT molecular complexity index is 1520. The quantitative estimate of drug-likeness (QED) is 0.478. The van der Waals surface area contributed by atoms with Crippen molar-refractivity contribution in [3.63, 3.8) is 0 Å². The summed E-state index contributed by atoms with van der Waals surface area (Å²) in [6.45, 7) is 10.5. The Morgan fingerprint density at radius 2 is 1.62 bits per heavy atom. The second kappa shape index (κ2) is 11.4. The molecule has 2 aromatic carbocycles. The third-order valence-electron chi connectivity index (χ3n) is 9.68. The lowest BCUT2D eigenvalue weighted by atomic mass is 9.74. The van der Waals surface area contributed by atoms with Gasteiger partial charge < -0.3 is 29.3 Å². The van der Waals surface area contributed by atoms with Crippen LogP contribution in [0.2, 0.25) is 0 Å². The van der Waals surface area contributed by atoms with Crippen LogP contribution in [0.15, 0.2) is 78.9 Å². The SMILES string of the molecule is CCOc1ccc(N2CC=C[C@@]3(C)O[C@]45C=CCN(C(C)(C)C)C(=O)C4N([C@@H](CO)Cc4ccccc4)C(=O)[C@@H]5[C@H]3C2=O)cc1. The van der Waals surface area contributed by atoms with Crippen LogP contribution in [0.1, 0.15) is 40.2 Å². The van der Waals surface area contributed by atoms with Crippen LogP contribution in [0.3, 0.4) is 0 Å². The number of rotatable bonds is 7. The Kier molecular flexibility index (Phi) is 7.90. The van der Waals surface area contributed by atoms with Gasteiger partial charge in [-0.1, -0.05) is 54.6 Å². The van der Waals surface area contributed by atoms with Crippen LogP contribution in [0.5, 0.6) is 5.75 Å². The molecule has 2 fully saturated rings. The number of benzene rings is 2. The van der Waals surface area contributed by atoms with Gasteiger partial charge in [-0.15, -0.1) is 0 Å². The van der Waals surface area contributed by atoms with Gasteiger partial charge in [-0.2, -0.15) is 0 Å². The predicted octanol–water partition coefficient (Wildman–Crippen LogP) is 3.76. The summed E-state index contributed by atoms with van der Waals surface area (Å²) >= 11 is 0. The van der Waals surface area contributed by atoms with Crippen LogP contribution in [-0.4, -0.2) is 87.8 Å². The molecule has 0 bridgehead atoms. The molecule has 0 aliphatic carbocycles. The molecule has 45 heavy (non-hydrogen) atoms. The summed E-state index contributed by atoms with van der Waals surface area (Å²) in [7, 11) is 0. The van der Waals surface area contributed by atoms with E-state index in [1.807, 2.05) is 114 Å². The van der Waals surface area contributed by atoms with Crippen LogP contribution >= 0.6 is 0 Å². The molecule has 3 amide bonds. The summed E-state index contributed by atoms with van der Waals surface area (Å²) in [5, 5.41) is 10.8. The first-order chi connectivity index (χ1) is 21.4. The Labute approximate surface area is 265 Å². The molecule has 6 rings (SSSR count). The zero-order valence-corrected chi connectivity index (χ0v) is 26.7. The first kappa shape index (κ1) is 31.0. The van der Waals surface area contributed by atoms with Crippen LogP contribution < -0.4 is 9.64 Å². The predicted molar refractivity (Wildman–Crippen MR) is 171 cm³/mol. The molecule has 4 heterocycles. The first-order valence-corrected chi connectivity index (χ1v) is 15.8. The smallest absolute Gasteiger partial charge is 0.249 e. The Morgan fingerprint density at radius 3 is 2.27 bits per heavy atom. The number of ether oxygens (including phenoxy) is 2. The minimum atomic E-state index is -1.40. The summed E-state index contributed by atoms with van der Waals surface area (Å²) in [4.78, 5) is 49.2. The molecule has 1 spiro atoms. The number of aliphatic hydroxyl groups is 1. The van der Waals surface area contributed by atoms with Gasteiger partial charge in [0.15, 0.2) is 0 Å². The van der Waals surface area contributed by atoms with Gasteiger partial charge >= 0.3 is 0 Å². The van der Waals surface area contributed by atoms with Crippen LogP contribution in [0.25, 0.3) is 0 Å². The van der Waals surface area contributed by atoms with Crippen molar-refractivity contribution < 1.29 is 29.0 Å². The minimum Gasteiger partial charge on any atom is -0.494 e. The number of anilines is 1. The molecule has 0 saturated carbocycles. The number of hydrogen-bond donors (Lipinski definition) is 1. The highest BCUT2D eigenvalue weighted by Crippen LogP contribution is 2.58. The molecule has 9 nitrogen and oxygen atoms in total. The van der Waals surface area contributed by atoms with Crippen molar-refractivity contribution in [1.82, 2.24) is 9.80 Å². The van der Waals surface area contributed by atoms with Gasteiger partial charge in [-0.3, -0.25) is 14.4 Å². The Morgan fingerprint density at radius 1 is 0.933 bits per heavy atom. The van der Waals surface area contributed by atoms with Crippen molar-refractivity contribution in [2.45, 2.75) is 69.9 Å². The van der Waals surface area contributed by atoms with Gasteiger partial charge in [-0.05, 0) is 70.9 Å². The maximum absolute atomic E-state index is 14.9. The second-order valence-corrected chi connectivity index (χ2v) is 13.6. The van der Waals surface area contributed by atoms with E-state index < -0.39 is 40.7 Å². The molecule has 0 aromatic heterocycles. The number of carbonyl (C=O) groups is 3. The van der Waals surface area contributed by atoms with E-state index in [0.717, 1.165) is 5.56 Å². The van der Waals surface area contributed by atoms with Crippen LogP contribution in [0.4, 0.5) is 5.69 Å². The van der Waals surface area contributed by atoms with Crippen molar-refractivity contribution in [3.05, 3.63) is 84.5 Å². The molecule has 1 N–H and O–H groups in total.